The SMILES string of the molecule is CCOC(=O)c1nn(-c2ccccc2Cl)c(=O)cc1OCC(=O)Nc1cc(C(F)(F)F)ccc1Cl. The topological polar surface area (TPSA) is 99.5 Å². The van der Waals surface area contributed by atoms with Gasteiger partial charge in [-0.25, -0.2) is 4.79 Å². The van der Waals surface area contributed by atoms with Gasteiger partial charge < -0.3 is 14.8 Å². The second-order valence-corrected chi connectivity index (χ2v) is 7.62. The first-order valence-electron chi connectivity index (χ1n) is 9.87. The van der Waals surface area contributed by atoms with Gasteiger partial charge in [0, 0.05) is 0 Å². The lowest BCUT2D eigenvalue weighted by atomic mass is 10.2. The van der Waals surface area contributed by atoms with E-state index in [9.17, 15) is 27.6 Å². The van der Waals surface area contributed by atoms with Gasteiger partial charge in [-0.05, 0) is 37.3 Å². The standard InChI is InChI=1S/C22H16Cl2F3N3O5/c1-2-34-21(33)20-17(10-19(32)30(29-20)16-6-4-3-5-14(16)24)35-11-18(31)28-15-9-12(22(25,26)27)7-8-13(15)23/h3-10H,2,11H2,1H3,(H,28,31). The van der Waals surface area contributed by atoms with Crippen molar-refractivity contribution >= 4 is 40.8 Å². The van der Waals surface area contributed by atoms with Crippen LogP contribution < -0.4 is 15.6 Å². The minimum Gasteiger partial charge on any atom is -0.481 e. The largest absolute Gasteiger partial charge is 0.481 e. The second kappa shape index (κ2) is 10.8. The van der Waals surface area contributed by atoms with Crippen LogP contribution in [0.1, 0.15) is 23.0 Å². The zero-order chi connectivity index (χ0) is 25.8. The van der Waals surface area contributed by atoms with Crippen molar-refractivity contribution < 1.29 is 32.2 Å². The van der Waals surface area contributed by atoms with E-state index in [1.807, 2.05) is 0 Å². The number of aromatic nitrogens is 2. The maximum absolute atomic E-state index is 12.9. The molecule has 0 aliphatic carbocycles. The highest BCUT2D eigenvalue weighted by Gasteiger charge is 2.31. The number of halogens is 5. The number of nitrogens with one attached hydrogen (secondary N) is 1. The van der Waals surface area contributed by atoms with Gasteiger partial charge in [-0.2, -0.15) is 23.0 Å². The Bertz CT molecular complexity index is 1330. The summed E-state index contributed by atoms with van der Waals surface area (Å²) in [6.45, 7) is 0.755. The molecule has 0 bridgehead atoms. The third kappa shape index (κ3) is 6.31. The molecule has 0 spiro atoms. The van der Waals surface area contributed by atoms with Crippen molar-refractivity contribution in [2.75, 3.05) is 18.5 Å². The van der Waals surface area contributed by atoms with E-state index in [0.29, 0.717) is 6.07 Å². The molecule has 0 aliphatic rings. The van der Waals surface area contributed by atoms with E-state index in [-0.39, 0.29) is 33.8 Å². The van der Waals surface area contributed by atoms with Crippen LogP contribution in [0.5, 0.6) is 5.75 Å². The normalized spacial score (nSPS) is 11.1. The number of ether oxygens (including phenoxy) is 2. The summed E-state index contributed by atoms with van der Waals surface area (Å²) in [7, 11) is 0. The van der Waals surface area contributed by atoms with Crippen LogP contribution in [0.15, 0.2) is 53.3 Å². The molecule has 184 valence electrons. The van der Waals surface area contributed by atoms with Crippen molar-refractivity contribution in [2.45, 2.75) is 13.1 Å². The Morgan fingerprint density at radius 2 is 1.80 bits per heavy atom. The molecule has 0 unspecified atom stereocenters. The molecular formula is C22H16Cl2F3N3O5. The summed E-state index contributed by atoms with van der Waals surface area (Å²) < 4.78 is 49.9. The molecule has 1 amide bonds. The molecule has 0 radical (unpaired) electrons. The molecule has 35 heavy (non-hydrogen) atoms. The van der Waals surface area contributed by atoms with E-state index < -0.39 is 41.5 Å². The monoisotopic (exact) mass is 529 g/mol. The summed E-state index contributed by atoms with van der Waals surface area (Å²) in [6, 6.07) is 9.57. The number of alkyl halides is 3. The minimum absolute atomic E-state index is 0.0142. The number of hydrogen-bond acceptors (Lipinski definition) is 6. The molecule has 1 N–H and O–H groups in total. The number of esters is 1. The number of rotatable bonds is 7. The van der Waals surface area contributed by atoms with Crippen molar-refractivity contribution in [3.8, 4) is 11.4 Å². The van der Waals surface area contributed by atoms with E-state index in [0.717, 1.165) is 22.9 Å². The smallest absolute Gasteiger partial charge is 0.416 e. The lowest BCUT2D eigenvalue weighted by molar-refractivity contribution is -0.137. The van der Waals surface area contributed by atoms with E-state index in [4.69, 9.17) is 32.7 Å². The first-order valence-corrected chi connectivity index (χ1v) is 10.6. The quantitative estimate of drug-likeness (QED) is 0.443. The maximum atomic E-state index is 12.9. The maximum Gasteiger partial charge on any atom is 0.416 e. The van der Waals surface area contributed by atoms with Crippen LogP contribution in [0.2, 0.25) is 10.0 Å². The van der Waals surface area contributed by atoms with Crippen molar-refractivity contribution in [1.29, 1.82) is 0 Å². The van der Waals surface area contributed by atoms with Crippen molar-refractivity contribution in [2.24, 2.45) is 0 Å². The zero-order valence-corrected chi connectivity index (χ0v) is 19.4. The third-order valence-corrected chi connectivity index (χ3v) is 5.02. The van der Waals surface area contributed by atoms with Gasteiger partial charge in [0.05, 0.1) is 39.7 Å². The Morgan fingerprint density at radius 1 is 1.09 bits per heavy atom. The zero-order valence-electron chi connectivity index (χ0n) is 17.9. The predicted octanol–water partition coefficient (Wildman–Crippen LogP) is 4.75. The Balaban J connectivity index is 1.87. The number of hydrogen-bond donors (Lipinski definition) is 1. The number of para-hydroxylation sites is 1. The van der Waals surface area contributed by atoms with Crippen LogP contribution >= 0.6 is 23.2 Å². The van der Waals surface area contributed by atoms with Crippen molar-refractivity contribution in [3.63, 3.8) is 0 Å². The Labute approximate surface area is 206 Å². The summed E-state index contributed by atoms with van der Waals surface area (Å²) >= 11 is 12.0. The average molecular weight is 530 g/mol. The van der Waals surface area contributed by atoms with Gasteiger partial charge in [0.1, 0.15) is 0 Å². The summed E-state index contributed by atoms with van der Waals surface area (Å²) in [5.74, 6) is -2.22. The van der Waals surface area contributed by atoms with Gasteiger partial charge in [0.2, 0.25) is 5.69 Å². The molecule has 8 nitrogen and oxygen atoms in total. The van der Waals surface area contributed by atoms with Gasteiger partial charge in [-0.15, -0.1) is 0 Å². The molecule has 3 rings (SSSR count). The van der Waals surface area contributed by atoms with Gasteiger partial charge in [-0.1, -0.05) is 35.3 Å². The second-order valence-electron chi connectivity index (χ2n) is 6.81. The minimum atomic E-state index is -4.65. The number of anilines is 1. The number of carbonyl (C=O) groups excluding carboxylic acids is 2. The summed E-state index contributed by atoms with van der Waals surface area (Å²) in [5, 5.41) is 6.22. The van der Waals surface area contributed by atoms with E-state index >= 15 is 0 Å². The van der Waals surface area contributed by atoms with E-state index in [2.05, 4.69) is 10.4 Å². The van der Waals surface area contributed by atoms with Gasteiger partial charge >= 0.3 is 12.1 Å². The third-order valence-electron chi connectivity index (χ3n) is 4.37. The molecule has 0 aliphatic heterocycles. The van der Waals surface area contributed by atoms with Crippen LogP contribution in [0.4, 0.5) is 18.9 Å². The molecule has 1 aromatic heterocycles. The Morgan fingerprint density at radius 3 is 2.46 bits per heavy atom. The molecule has 0 fully saturated rings. The average Bonchev–Trinajstić information content (AvgIpc) is 2.79. The van der Waals surface area contributed by atoms with Gasteiger partial charge in [0.15, 0.2) is 12.4 Å². The van der Waals surface area contributed by atoms with Gasteiger partial charge in [0.25, 0.3) is 11.5 Å². The first kappa shape index (κ1) is 26.0. The van der Waals surface area contributed by atoms with Crippen LogP contribution in [0.25, 0.3) is 5.69 Å². The molecule has 2 aromatic carbocycles. The van der Waals surface area contributed by atoms with E-state index in [1.54, 1.807) is 19.1 Å². The number of benzene rings is 2. The highest BCUT2D eigenvalue weighted by molar-refractivity contribution is 6.33. The number of amides is 1. The summed E-state index contributed by atoms with van der Waals surface area (Å²) in [6.07, 6.45) is -4.65. The molecule has 13 heteroatoms. The fourth-order valence-electron chi connectivity index (χ4n) is 2.81. The lowest BCUT2D eigenvalue weighted by Crippen LogP contribution is -2.27. The number of carbonyl (C=O) groups is 2. The van der Waals surface area contributed by atoms with Crippen molar-refractivity contribution in [1.82, 2.24) is 9.78 Å². The van der Waals surface area contributed by atoms with E-state index in [1.165, 1.54) is 12.1 Å². The van der Waals surface area contributed by atoms with Crippen LogP contribution in [-0.2, 0) is 15.7 Å². The lowest BCUT2D eigenvalue weighted by Gasteiger charge is -2.14. The van der Waals surface area contributed by atoms with Crippen LogP contribution in [0.3, 0.4) is 0 Å². The first-order chi connectivity index (χ1) is 16.5. The molecule has 0 saturated carbocycles. The summed E-state index contributed by atoms with van der Waals surface area (Å²) in [5.41, 5.74) is -2.28. The number of nitrogens with zero attached hydrogens (tertiary/aromatic N) is 2. The molecule has 0 atom stereocenters. The Hall–Kier alpha value is -3.57. The molecule has 1 heterocycles. The van der Waals surface area contributed by atoms with Crippen LogP contribution in [0, 0.1) is 0 Å². The van der Waals surface area contributed by atoms with Crippen LogP contribution in [-0.4, -0.2) is 34.9 Å². The molecule has 0 saturated heterocycles. The molecule has 3 aromatic rings. The Kier molecular flexibility index (Phi) is 8.03. The van der Waals surface area contributed by atoms with Crippen molar-refractivity contribution in [3.05, 3.63) is 80.2 Å². The fourth-order valence-corrected chi connectivity index (χ4v) is 3.19. The highest BCUT2D eigenvalue weighted by Crippen LogP contribution is 2.33. The highest BCUT2D eigenvalue weighted by atomic mass is 35.5. The molecular weight excluding hydrogens is 514 g/mol. The predicted molar refractivity (Wildman–Crippen MR) is 121 cm³/mol. The van der Waals surface area contributed by atoms with Gasteiger partial charge in [-0.3, -0.25) is 9.59 Å². The summed E-state index contributed by atoms with van der Waals surface area (Å²) in [4.78, 5) is 37.4. The fraction of sp³-hybridized carbons (Fsp3) is 0.182.